The number of benzene rings is 2. The summed E-state index contributed by atoms with van der Waals surface area (Å²) in [6.07, 6.45) is 7.10. The molecule has 0 unspecified atom stereocenters. The fourth-order valence-corrected chi connectivity index (χ4v) is 11.2. The molecule has 12 rings (SSSR count). The highest BCUT2D eigenvalue weighted by Gasteiger charge is 2.25. The molecule has 2 amide bonds. The molecule has 70 heavy (non-hydrogen) atoms. The number of amides is 2. The number of hydrogen-bond acceptors (Lipinski definition) is 11. The standard InChI is InChI=1S/C27H32N6O2.C26H31N7O2/c1-20(34)30-15-17-31(18-16-30)25-10-9-21-24(35)19-26-32(14-6-13-29-11-4-5-12-29)22-7-2-3-8-23(22)33(26)27(21)28-25;1-19(34)30-15-17-31(18-16-30)23-10-9-20-24(28-23)33-22-8-3-2-7-21(22)27-26(33)32(25(20)35)14-6-13-29-11-4-5-12-29/h2-3,7-10,19H,4-6,11-18H2,1H3;2-3,7-10H,4-6,11-18H2,1H3. The first-order valence-electron chi connectivity index (χ1n) is 25.4. The fourth-order valence-electron chi connectivity index (χ4n) is 11.2. The van der Waals surface area contributed by atoms with Crippen molar-refractivity contribution in [2.45, 2.75) is 65.5 Å². The van der Waals surface area contributed by atoms with Gasteiger partial charge in [-0.25, -0.2) is 15.0 Å². The molecule has 2 aromatic carbocycles. The van der Waals surface area contributed by atoms with E-state index < -0.39 is 0 Å². The Kier molecular flexibility index (Phi) is 12.7. The van der Waals surface area contributed by atoms with Crippen molar-refractivity contribution in [3.63, 3.8) is 0 Å². The van der Waals surface area contributed by atoms with Crippen molar-refractivity contribution in [1.29, 1.82) is 0 Å². The van der Waals surface area contributed by atoms with Gasteiger partial charge in [-0.3, -0.25) is 32.5 Å². The van der Waals surface area contributed by atoms with Crippen LogP contribution in [-0.2, 0) is 22.7 Å². The largest absolute Gasteiger partial charge is 0.353 e. The normalized spacial score (nSPS) is 17.3. The summed E-state index contributed by atoms with van der Waals surface area (Å²) in [4.78, 5) is 78.3. The lowest BCUT2D eigenvalue weighted by Crippen LogP contribution is -2.48. The summed E-state index contributed by atoms with van der Waals surface area (Å²) < 4.78 is 8.30. The van der Waals surface area contributed by atoms with Crippen LogP contribution in [0.2, 0.25) is 0 Å². The molecular formula is C53H63N13O4. The lowest BCUT2D eigenvalue weighted by molar-refractivity contribution is -0.129. The summed E-state index contributed by atoms with van der Waals surface area (Å²) in [5.74, 6) is 2.54. The lowest BCUT2D eigenvalue weighted by atomic mass is 10.2. The van der Waals surface area contributed by atoms with Crippen LogP contribution in [0.15, 0.2) is 88.5 Å². The number of aromatic nitrogens is 7. The Balaban J connectivity index is 0.000000152. The number of aryl methyl sites for hydroxylation is 2. The third kappa shape index (κ3) is 8.73. The number of hydrogen-bond donors (Lipinski definition) is 0. The van der Waals surface area contributed by atoms with Crippen LogP contribution in [0, 0.1) is 0 Å². The number of likely N-dealkylation sites (tertiary alicyclic amines) is 2. The maximum Gasteiger partial charge on any atom is 0.264 e. The topological polar surface area (TPSA) is 145 Å². The van der Waals surface area contributed by atoms with E-state index in [-0.39, 0.29) is 22.8 Å². The molecular weight excluding hydrogens is 883 g/mol. The summed E-state index contributed by atoms with van der Waals surface area (Å²) in [5, 5.41) is 1.24. The van der Waals surface area contributed by atoms with Crippen molar-refractivity contribution >= 4 is 79.0 Å². The number of carbonyl (C=O) groups excluding carboxylic acids is 2. The zero-order chi connectivity index (χ0) is 47.9. The number of anilines is 2. The van der Waals surface area contributed by atoms with Gasteiger partial charge in [0.1, 0.15) is 17.3 Å². The zero-order valence-corrected chi connectivity index (χ0v) is 40.5. The minimum atomic E-state index is -0.0373. The van der Waals surface area contributed by atoms with Gasteiger partial charge in [0, 0.05) is 85.4 Å². The number of para-hydroxylation sites is 4. The smallest absolute Gasteiger partial charge is 0.264 e. The molecule has 0 bridgehead atoms. The number of carbonyl (C=O) groups is 2. The number of rotatable bonds is 10. The minimum Gasteiger partial charge on any atom is -0.353 e. The molecule has 4 aliphatic heterocycles. The van der Waals surface area contributed by atoms with Gasteiger partial charge in [0.25, 0.3) is 5.56 Å². The summed E-state index contributed by atoms with van der Waals surface area (Å²) >= 11 is 0. The molecule has 0 atom stereocenters. The molecule has 0 radical (unpaired) electrons. The van der Waals surface area contributed by atoms with Gasteiger partial charge in [0.2, 0.25) is 17.6 Å². The van der Waals surface area contributed by atoms with Crippen LogP contribution in [-0.4, -0.2) is 156 Å². The van der Waals surface area contributed by atoms with E-state index >= 15 is 0 Å². The van der Waals surface area contributed by atoms with Crippen LogP contribution in [0.25, 0.3) is 55.6 Å². The molecule has 4 saturated heterocycles. The molecule has 8 aromatic rings. The SMILES string of the molecule is CC(=O)N1CCN(c2ccc3c(=O)cc4n(CCCN5CCCC5)c5ccccc5n4c3n2)CC1.CC(=O)N1CCN(c2ccc3c(=O)n(CCCN4CCCC4)c4nc5ccccc5n4c3n2)CC1. The molecule has 364 valence electrons. The Morgan fingerprint density at radius 2 is 1.00 bits per heavy atom. The van der Waals surface area contributed by atoms with Crippen molar-refractivity contribution < 1.29 is 9.59 Å². The summed E-state index contributed by atoms with van der Waals surface area (Å²) in [5.41, 5.74) is 6.21. The average molecular weight is 946 g/mol. The van der Waals surface area contributed by atoms with Crippen LogP contribution < -0.4 is 20.8 Å². The van der Waals surface area contributed by atoms with E-state index in [1.807, 2.05) is 73.4 Å². The van der Waals surface area contributed by atoms with Gasteiger partial charge in [-0.05, 0) is 126 Å². The van der Waals surface area contributed by atoms with Gasteiger partial charge in [0.15, 0.2) is 16.7 Å². The molecule has 4 fully saturated rings. The minimum absolute atomic E-state index is 0.00375. The number of nitrogens with zero attached hydrogens (tertiary/aromatic N) is 13. The molecule has 0 N–H and O–H groups in total. The van der Waals surface area contributed by atoms with Gasteiger partial charge >= 0.3 is 0 Å². The van der Waals surface area contributed by atoms with E-state index in [9.17, 15) is 19.2 Å². The summed E-state index contributed by atoms with van der Waals surface area (Å²) in [7, 11) is 0. The van der Waals surface area contributed by atoms with E-state index in [2.05, 4.69) is 46.8 Å². The van der Waals surface area contributed by atoms with Gasteiger partial charge in [-0.2, -0.15) is 0 Å². The Morgan fingerprint density at radius 1 is 0.500 bits per heavy atom. The van der Waals surface area contributed by atoms with Crippen LogP contribution >= 0.6 is 0 Å². The quantitative estimate of drug-likeness (QED) is 0.176. The average Bonchev–Trinajstić information content (AvgIpc) is 4.23. The van der Waals surface area contributed by atoms with Crippen molar-refractivity contribution in [2.24, 2.45) is 0 Å². The van der Waals surface area contributed by atoms with Gasteiger partial charge in [0.05, 0.1) is 32.8 Å². The summed E-state index contributed by atoms with van der Waals surface area (Å²) in [6, 6.07) is 25.8. The Hall–Kier alpha value is -6.85. The first kappa shape index (κ1) is 45.6. The lowest BCUT2D eigenvalue weighted by Gasteiger charge is -2.35. The highest BCUT2D eigenvalue weighted by molar-refractivity contribution is 5.91. The van der Waals surface area contributed by atoms with E-state index in [1.165, 1.54) is 38.8 Å². The first-order valence-corrected chi connectivity index (χ1v) is 25.4. The Bertz CT molecular complexity index is 3310. The number of piperazine rings is 2. The highest BCUT2D eigenvalue weighted by Crippen LogP contribution is 2.28. The third-order valence-electron chi connectivity index (χ3n) is 15.1. The van der Waals surface area contributed by atoms with Gasteiger partial charge in [-0.1, -0.05) is 24.3 Å². The van der Waals surface area contributed by atoms with E-state index in [0.717, 1.165) is 111 Å². The second-order valence-corrected chi connectivity index (χ2v) is 19.4. The summed E-state index contributed by atoms with van der Waals surface area (Å²) in [6.45, 7) is 17.2. The van der Waals surface area contributed by atoms with Crippen LogP contribution in [0.5, 0.6) is 0 Å². The van der Waals surface area contributed by atoms with E-state index in [1.54, 1.807) is 19.9 Å². The Labute approximate surface area is 406 Å². The fraction of sp³-hybridized carbons (Fsp3) is 0.453. The molecule has 17 heteroatoms. The van der Waals surface area contributed by atoms with Crippen LogP contribution in [0.1, 0.15) is 52.4 Å². The molecule has 0 aliphatic carbocycles. The number of imidazole rings is 2. The zero-order valence-electron chi connectivity index (χ0n) is 40.5. The van der Waals surface area contributed by atoms with Crippen molar-refractivity contribution in [2.75, 3.05) is 101 Å². The molecule has 0 spiro atoms. The van der Waals surface area contributed by atoms with E-state index in [0.29, 0.717) is 60.6 Å². The molecule has 0 saturated carbocycles. The first-order chi connectivity index (χ1) is 34.2. The molecule has 10 heterocycles. The molecule has 6 aromatic heterocycles. The second-order valence-electron chi connectivity index (χ2n) is 19.4. The maximum atomic E-state index is 13.7. The monoisotopic (exact) mass is 946 g/mol. The Morgan fingerprint density at radius 3 is 1.57 bits per heavy atom. The highest BCUT2D eigenvalue weighted by atomic mass is 16.2. The number of pyridine rings is 3. The van der Waals surface area contributed by atoms with Crippen molar-refractivity contribution in [3.8, 4) is 0 Å². The van der Waals surface area contributed by atoms with Crippen molar-refractivity contribution in [1.82, 2.24) is 52.5 Å². The maximum absolute atomic E-state index is 13.7. The van der Waals surface area contributed by atoms with Gasteiger partial charge in [-0.15, -0.1) is 0 Å². The van der Waals surface area contributed by atoms with Crippen LogP contribution in [0.4, 0.5) is 11.6 Å². The third-order valence-corrected chi connectivity index (χ3v) is 15.1. The predicted molar refractivity (Wildman–Crippen MR) is 276 cm³/mol. The van der Waals surface area contributed by atoms with E-state index in [4.69, 9.17) is 15.0 Å². The predicted octanol–water partition coefficient (Wildman–Crippen LogP) is 5.31. The number of fused-ring (bicyclic) bond motifs is 10. The second kappa shape index (κ2) is 19.5. The van der Waals surface area contributed by atoms with Crippen molar-refractivity contribution in [3.05, 3.63) is 99.4 Å². The molecule has 4 aliphatic rings. The van der Waals surface area contributed by atoms with Crippen LogP contribution in [0.3, 0.4) is 0 Å². The molecule has 17 nitrogen and oxygen atoms in total. The van der Waals surface area contributed by atoms with Gasteiger partial charge < -0.3 is 34.0 Å².